The number of hydrogen-bond acceptors (Lipinski definition) is 5. The van der Waals surface area contributed by atoms with Crippen LogP contribution in [-0.4, -0.2) is 31.3 Å². The topological polar surface area (TPSA) is 75.3 Å². The predicted molar refractivity (Wildman–Crippen MR) is 85.4 cm³/mol. The molecule has 3 rings (SSSR count). The molecule has 2 aromatic heterocycles. The summed E-state index contributed by atoms with van der Waals surface area (Å²) in [6.07, 6.45) is -4.68. The zero-order chi connectivity index (χ0) is 18.2. The van der Waals surface area contributed by atoms with Gasteiger partial charge < -0.3 is 10.4 Å². The summed E-state index contributed by atoms with van der Waals surface area (Å²) >= 11 is 5.84. The second-order valence-corrected chi connectivity index (χ2v) is 5.80. The minimum atomic E-state index is -4.68. The lowest BCUT2D eigenvalue weighted by atomic mass is 10.1. The van der Waals surface area contributed by atoms with E-state index in [9.17, 15) is 18.3 Å². The van der Waals surface area contributed by atoms with Crippen LogP contribution in [0.5, 0.6) is 0 Å². The Morgan fingerprint density at radius 2 is 1.92 bits per heavy atom. The number of hydrogen-bond donors (Lipinski definition) is 2. The number of nitrogens with one attached hydrogen (secondary N) is 1. The number of rotatable bonds is 4. The van der Waals surface area contributed by atoms with Crippen molar-refractivity contribution < 1.29 is 18.3 Å². The van der Waals surface area contributed by atoms with Gasteiger partial charge >= 0.3 is 6.18 Å². The molecule has 0 saturated heterocycles. The van der Waals surface area contributed by atoms with Crippen molar-refractivity contribution in [2.24, 2.45) is 0 Å². The minimum Gasteiger partial charge on any atom is -0.394 e. The third-order valence-electron chi connectivity index (χ3n) is 3.47. The van der Waals surface area contributed by atoms with Crippen molar-refractivity contribution in [3.63, 3.8) is 0 Å². The normalized spacial score (nSPS) is 13.2. The average molecular weight is 372 g/mol. The lowest BCUT2D eigenvalue weighted by molar-refractivity contribution is -0.144. The molecule has 0 aliphatic carbocycles. The van der Waals surface area contributed by atoms with Crippen LogP contribution in [-0.2, 0) is 6.18 Å². The number of fused-ring (bicyclic) bond motifs is 1. The summed E-state index contributed by atoms with van der Waals surface area (Å²) in [6.45, 7) is 1.34. The van der Waals surface area contributed by atoms with Gasteiger partial charge in [0.2, 0.25) is 0 Å². The van der Waals surface area contributed by atoms with E-state index in [1.807, 2.05) is 0 Å². The first-order valence-corrected chi connectivity index (χ1v) is 7.60. The first-order valence-electron chi connectivity index (χ1n) is 7.22. The largest absolute Gasteiger partial charge is 0.453 e. The number of aryl methyl sites for hydroxylation is 1. The maximum atomic E-state index is 12.9. The molecule has 132 valence electrons. The predicted octanol–water partition coefficient (Wildman–Crippen LogP) is 3.25. The molecule has 0 radical (unpaired) electrons. The van der Waals surface area contributed by atoms with Crippen LogP contribution < -0.4 is 5.32 Å². The highest BCUT2D eigenvalue weighted by Gasteiger charge is 2.37. The van der Waals surface area contributed by atoms with Crippen molar-refractivity contribution in [1.29, 1.82) is 0 Å². The fourth-order valence-corrected chi connectivity index (χ4v) is 2.44. The van der Waals surface area contributed by atoms with Crippen LogP contribution in [0.3, 0.4) is 0 Å². The average Bonchev–Trinajstić information content (AvgIpc) is 2.97. The highest BCUT2D eigenvalue weighted by Crippen LogP contribution is 2.28. The van der Waals surface area contributed by atoms with Gasteiger partial charge in [0.15, 0.2) is 0 Å². The summed E-state index contributed by atoms with van der Waals surface area (Å²) in [5.41, 5.74) is 1.18. The van der Waals surface area contributed by atoms with Gasteiger partial charge in [-0.3, -0.25) is 0 Å². The lowest BCUT2D eigenvalue weighted by Crippen LogP contribution is -2.17. The molecule has 6 nitrogen and oxygen atoms in total. The van der Waals surface area contributed by atoms with E-state index < -0.39 is 18.0 Å². The number of halogens is 4. The molecule has 10 heteroatoms. The number of aromatic nitrogens is 4. The zero-order valence-corrected chi connectivity index (χ0v) is 13.7. The van der Waals surface area contributed by atoms with E-state index in [0.29, 0.717) is 16.3 Å². The van der Waals surface area contributed by atoms with Crippen molar-refractivity contribution in [2.45, 2.75) is 19.1 Å². The maximum Gasteiger partial charge on any atom is 0.453 e. The van der Waals surface area contributed by atoms with Crippen molar-refractivity contribution in [3.05, 3.63) is 52.4 Å². The smallest absolute Gasteiger partial charge is 0.394 e. The molecule has 3 aromatic rings. The van der Waals surface area contributed by atoms with E-state index in [4.69, 9.17) is 11.6 Å². The summed E-state index contributed by atoms with van der Waals surface area (Å²) in [7, 11) is 0. The Hall–Kier alpha value is -2.39. The molecule has 2 heterocycles. The van der Waals surface area contributed by atoms with Crippen LogP contribution in [0.2, 0.25) is 5.02 Å². The van der Waals surface area contributed by atoms with Gasteiger partial charge in [-0.2, -0.15) is 22.7 Å². The van der Waals surface area contributed by atoms with Crippen molar-refractivity contribution in [1.82, 2.24) is 19.6 Å². The molecule has 0 spiro atoms. The molecule has 0 aliphatic heterocycles. The molecule has 1 atom stereocenters. The van der Waals surface area contributed by atoms with E-state index >= 15 is 0 Å². The number of aliphatic hydroxyl groups is 1. The number of anilines is 1. The highest BCUT2D eigenvalue weighted by molar-refractivity contribution is 6.30. The van der Waals surface area contributed by atoms with E-state index in [-0.39, 0.29) is 18.2 Å². The van der Waals surface area contributed by atoms with Crippen LogP contribution in [0, 0.1) is 6.92 Å². The number of aliphatic hydroxyl groups excluding tert-OH is 1. The third-order valence-corrected chi connectivity index (χ3v) is 3.72. The van der Waals surface area contributed by atoms with Gasteiger partial charge in [-0.1, -0.05) is 23.7 Å². The number of benzene rings is 1. The molecule has 25 heavy (non-hydrogen) atoms. The van der Waals surface area contributed by atoms with Crippen molar-refractivity contribution in [3.8, 4) is 0 Å². The standard InChI is InChI=1S/C15H13ClF3N5O/c1-8-6-12(21-11(7-25)9-2-4-10(16)5-3-9)24-14(20-8)22-13(23-24)15(17,18)19/h2-6,11,21,25H,7H2,1H3. The SMILES string of the molecule is Cc1cc(NC(CO)c2ccc(Cl)cc2)n2nc(C(F)(F)F)nc2n1. The van der Waals surface area contributed by atoms with Crippen LogP contribution >= 0.6 is 11.6 Å². The molecule has 0 fully saturated rings. The van der Waals surface area contributed by atoms with Gasteiger partial charge in [-0.25, -0.2) is 4.98 Å². The van der Waals surface area contributed by atoms with Crippen LogP contribution in [0.25, 0.3) is 5.78 Å². The number of nitrogens with zero attached hydrogens (tertiary/aromatic N) is 4. The molecule has 0 amide bonds. The fraction of sp³-hybridized carbons (Fsp3) is 0.267. The van der Waals surface area contributed by atoms with E-state index in [1.54, 1.807) is 31.2 Å². The Balaban J connectivity index is 2.01. The molecule has 0 saturated carbocycles. The Labute approximate surface area is 145 Å². The maximum absolute atomic E-state index is 12.9. The fourth-order valence-electron chi connectivity index (χ4n) is 2.32. The summed E-state index contributed by atoms with van der Waals surface area (Å²) in [6, 6.07) is 7.70. The highest BCUT2D eigenvalue weighted by atomic mass is 35.5. The summed E-state index contributed by atoms with van der Waals surface area (Å²) in [5.74, 6) is -1.22. The molecule has 0 aliphatic rings. The minimum absolute atomic E-state index is 0.178. The first kappa shape index (κ1) is 17.4. The molecule has 0 bridgehead atoms. The second-order valence-electron chi connectivity index (χ2n) is 5.36. The van der Waals surface area contributed by atoms with Gasteiger partial charge in [0.1, 0.15) is 5.82 Å². The van der Waals surface area contributed by atoms with Gasteiger partial charge in [0.25, 0.3) is 11.6 Å². The van der Waals surface area contributed by atoms with E-state index in [0.717, 1.165) is 4.52 Å². The van der Waals surface area contributed by atoms with E-state index in [2.05, 4.69) is 20.4 Å². The van der Waals surface area contributed by atoms with Crippen LogP contribution in [0.15, 0.2) is 30.3 Å². The second kappa shape index (κ2) is 6.49. The van der Waals surface area contributed by atoms with Crippen LogP contribution in [0.1, 0.15) is 23.1 Å². The molecule has 2 N–H and O–H groups in total. The Kier molecular flexibility index (Phi) is 4.53. The zero-order valence-electron chi connectivity index (χ0n) is 12.9. The molecular formula is C15H13ClF3N5O. The van der Waals surface area contributed by atoms with Gasteiger partial charge in [0, 0.05) is 16.8 Å². The van der Waals surface area contributed by atoms with Crippen molar-refractivity contribution >= 4 is 23.2 Å². The summed E-state index contributed by atoms with van der Waals surface area (Å²) in [4.78, 5) is 7.38. The Morgan fingerprint density at radius 1 is 1.24 bits per heavy atom. The lowest BCUT2D eigenvalue weighted by Gasteiger charge is -2.18. The monoisotopic (exact) mass is 371 g/mol. The van der Waals surface area contributed by atoms with Crippen LogP contribution in [0.4, 0.5) is 19.0 Å². The summed E-state index contributed by atoms with van der Waals surface area (Å²) < 4.78 is 39.5. The Bertz CT molecular complexity index is 895. The first-order chi connectivity index (χ1) is 11.8. The molecular weight excluding hydrogens is 359 g/mol. The quantitative estimate of drug-likeness (QED) is 0.736. The van der Waals surface area contributed by atoms with Gasteiger partial charge in [0.05, 0.1) is 12.6 Å². The van der Waals surface area contributed by atoms with Crippen molar-refractivity contribution in [2.75, 3.05) is 11.9 Å². The molecule has 1 aromatic carbocycles. The third kappa shape index (κ3) is 3.67. The molecule has 1 unspecified atom stereocenters. The van der Waals surface area contributed by atoms with Gasteiger partial charge in [-0.15, -0.1) is 5.10 Å². The van der Waals surface area contributed by atoms with Gasteiger partial charge in [-0.05, 0) is 24.6 Å². The van der Waals surface area contributed by atoms with E-state index in [1.165, 1.54) is 6.07 Å². The number of alkyl halides is 3. The Morgan fingerprint density at radius 3 is 2.52 bits per heavy atom. The summed E-state index contributed by atoms with van der Waals surface area (Å²) in [5, 5.41) is 16.6.